The number of hydrazine groups is 1. The summed E-state index contributed by atoms with van der Waals surface area (Å²) in [6, 6.07) is 0. The Morgan fingerprint density at radius 2 is 2.00 bits per heavy atom. The Morgan fingerprint density at radius 1 is 1.31 bits per heavy atom. The molecule has 0 spiro atoms. The highest BCUT2D eigenvalue weighted by Gasteiger charge is 2.12. The Balaban J connectivity index is 2.10. The molecule has 0 unspecified atom stereocenters. The molecule has 0 atom stereocenters. The lowest BCUT2D eigenvalue weighted by Crippen LogP contribution is -2.37. The van der Waals surface area contributed by atoms with Crippen LogP contribution < -0.4 is 17.0 Å². The van der Waals surface area contributed by atoms with Crippen molar-refractivity contribution in [2.75, 3.05) is 6.54 Å². The third-order valence-corrected chi connectivity index (χ3v) is 2.69. The fraction of sp³-hybridized carbons (Fsp3) is 0.889. The van der Waals surface area contributed by atoms with Crippen molar-refractivity contribution in [2.45, 2.75) is 38.5 Å². The molecular weight excluding hydrogens is 164 g/mol. The third kappa shape index (κ3) is 4.12. The number of aliphatic imine (C=N–C) groups is 1. The number of rotatable bonds is 3. The highest BCUT2D eigenvalue weighted by molar-refractivity contribution is 5.76. The minimum atomic E-state index is 0.343. The van der Waals surface area contributed by atoms with Gasteiger partial charge in [0.05, 0.1) is 0 Å². The lowest BCUT2D eigenvalue weighted by Gasteiger charge is -2.20. The van der Waals surface area contributed by atoms with E-state index in [4.69, 9.17) is 11.6 Å². The summed E-state index contributed by atoms with van der Waals surface area (Å²) in [6.45, 7) is 0.806. The Labute approximate surface area is 79.7 Å². The first-order valence-electron chi connectivity index (χ1n) is 5.09. The lowest BCUT2D eigenvalue weighted by atomic mass is 9.87. The van der Waals surface area contributed by atoms with Crippen LogP contribution in [0.15, 0.2) is 4.99 Å². The molecule has 1 aliphatic carbocycles. The van der Waals surface area contributed by atoms with Gasteiger partial charge in [0.15, 0.2) is 0 Å². The molecule has 0 radical (unpaired) electrons. The third-order valence-electron chi connectivity index (χ3n) is 2.69. The van der Waals surface area contributed by atoms with Crippen molar-refractivity contribution >= 4 is 5.96 Å². The molecule has 0 aromatic heterocycles. The van der Waals surface area contributed by atoms with Crippen LogP contribution in [0.3, 0.4) is 0 Å². The van der Waals surface area contributed by atoms with Crippen molar-refractivity contribution in [3.63, 3.8) is 0 Å². The van der Waals surface area contributed by atoms with Gasteiger partial charge in [-0.05, 0) is 12.3 Å². The van der Waals surface area contributed by atoms with Crippen LogP contribution in [0.5, 0.6) is 0 Å². The number of nitrogens with two attached hydrogens (primary N) is 2. The Hall–Kier alpha value is -0.770. The monoisotopic (exact) mass is 184 g/mol. The number of hydrogen-bond acceptors (Lipinski definition) is 2. The predicted molar refractivity (Wildman–Crippen MR) is 55.0 cm³/mol. The maximum atomic E-state index is 5.40. The van der Waals surface area contributed by atoms with Crippen LogP contribution in [0.4, 0.5) is 0 Å². The van der Waals surface area contributed by atoms with Gasteiger partial charge in [0.1, 0.15) is 0 Å². The summed E-state index contributed by atoms with van der Waals surface area (Å²) in [5.41, 5.74) is 7.73. The lowest BCUT2D eigenvalue weighted by molar-refractivity contribution is 0.343. The molecule has 1 rings (SSSR count). The summed E-state index contributed by atoms with van der Waals surface area (Å²) in [4.78, 5) is 4.10. The van der Waals surface area contributed by atoms with Crippen LogP contribution in [-0.4, -0.2) is 12.5 Å². The number of hydrogen-bond donors (Lipinski definition) is 3. The summed E-state index contributed by atoms with van der Waals surface area (Å²) in [7, 11) is 0. The van der Waals surface area contributed by atoms with Crippen molar-refractivity contribution in [3.8, 4) is 0 Å². The first kappa shape index (κ1) is 10.3. The van der Waals surface area contributed by atoms with Crippen molar-refractivity contribution in [3.05, 3.63) is 0 Å². The smallest absolute Gasteiger partial charge is 0.203 e. The SMILES string of the molecule is NNC(N)=NCCC1CCCCC1. The molecule has 1 saturated carbocycles. The van der Waals surface area contributed by atoms with Crippen molar-refractivity contribution in [1.29, 1.82) is 0 Å². The van der Waals surface area contributed by atoms with Gasteiger partial charge in [-0.2, -0.15) is 0 Å². The first-order valence-corrected chi connectivity index (χ1v) is 5.09. The Morgan fingerprint density at radius 3 is 2.62 bits per heavy atom. The molecule has 1 fully saturated rings. The zero-order valence-electron chi connectivity index (χ0n) is 8.13. The Kier molecular flexibility index (Phi) is 4.60. The molecule has 13 heavy (non-hydrogen) atoms. The van der Waals surface area contributed by atoms with E-state index < -0.39 is 0 Å². The van der Waals surface area contributed by atoms with Crippen molar-refractivity contribution < 1.29 is 0 Å². The summed E-state index contributed by atoms with van der Waals surface area (Å²) < 4.78 is 0. The molecular formula is C9H20N4. The van der Waals surface area contributed by atoms with Crippen LogP contribution in [0, 0.1) is 5.92 Å². The van der Waals surface area contributed by atoms with Crippen LogP contribution in [0.25, 0.3) is 0 Å². The summed E-state index contributed by atoms with van der Waals surface area (Å²) >= 11 is 0. The maximum absolute atomic E-state index is 5.40. The molecule has 0 aliphatic heterocycles. The zero-order valence-corrected chi connectivity index (χ0v) is 8.13. The molecule has 1 aliphatic rings. The van der Waals surface area contributed by atoms with E-state index in [2.05, 4.69) is 10.4 Å². The van der Waals surface area contributed by atoms with E-state index in [9.17, 15) is 0 Å². The standard InChI is InChI=1S/C9H20N4/c10-9(13-11)12-7-6-8-4-2-1-3-5-8/h8H,1-7,11H2,(H3,10,12,13). The van der Waals surface area contributed by atoms with Gasteiger partial charge in [-0.15, -0.1) is 0 Å². The topological polar surface area (TPSA) is 76.4 Å². The van der Waals surface area contributed by atoms with Crippen LogP contribution >= 0.6 is 0 Å². The fourth-order valence-electron chi connectivity index (χ4n) is 1.89. The average molecular weight is 184 g/mol. The molecule has 0 saturated heterocycles. The molecule has 0 heterocycles. The fourth-order valence-corrected chi connectivity index (χ4v) is 1.89. The number of nitrogens with one attached hydrogen (secondary N) is 1. The van der Waals surface area contributed by atoms with E-state index in [1.165, 1.54) is 32.1 Å². The van der Waals surface area contributed by atoms with Gasteiger partial charge >= 0.3 is 0 Å². The normalized spacial score (nSPS) is 20.2. The molecule has 76 valence electrons. The highest BCUT2D eigenvalue weighted by Crippen LogP contribution is 2.25. The predicted octanol–water partition coefficient (Wildman–Crippen LogP) is 0.735. The van der Waals surface area contributed by atoms with Crippen LogP contribution in [0.1, 0.15) is 38.5 Å². The number of guanidine groups is 1. The molecule has 4 heteroatoms. The van der Waals surface area contributed by atoms with E-state index >= 15 is 0 Å². The maximum Gasteiger partial charge on any atom is 0.203 e. The van der Waals surface area contributed by atoms with Gasteiger partial charge in [-0.1, -0.05) is 32.1 Å². The minimum Gasteiger partial charge on any atom is -0.369 e. The van der Waals surface area contributed by atoms with Gasteiger partial charge in [0.2, 0.25) is 5.96 Å². The molecule has 0 bridgehead atoms. The van der Waals surface area contributed by atoms with Gasteiger partial charge in [-0.3, -0.25) is 10.4 Å². The van der Waals surface area contributed by atoms with Crippen LogP contribution in [-0.2, 0) is 0 Å². The second-order valence-corrected chi connectivity index (χ2v) is 3.70. The van der Waals surface area contributed by atoms with E-state index in [0.29, 0.717) is 5.96 Å². The molecule has 5 N–H and O–H groups in total. The van der Waals surface area contributed by atoms with E-state index in [0.717, 1.165) is 18.9 Å². The molecule has 0 aromatic rings. The number of nitrogens with zero attached hydrogens (tertiary/aromatic N) is 1. The van der Waals surface area contributed by atoms with Crippen molar-refractivity contribution in [1.82, 2.24) is 5.43 Å². The second-order valence-electron chi connectivity index (χ2n) is 3.70. The molecule has 4 nitrogen and oxygen atoms in total. The summed E-state index contributed by atoms with van der Waals surface area (Å²) in [6.07, 6.45) is 8.07. The first-order chi connectivity index (χ1) is 6.33. The van der Waals surface area contributed by atoms with Crippen LogP contribution in [0.2, 0.25) is 0 Å². The molecule has 0 aromatic carbocycles. The summed E-state index contributed by atoms with van der Waals surface area (Å²) in [5, 5.41) is 0. The van der Waals surface area contributed by atoms with Gasteiger partial charge in [0.25, 0.3) is 0 Å². The minimum absolute atomic E-state index is 0.343. The largest absolute Gasteiger partial charge is 0.369 e. The summed E-state index contributed by atoms with van der Waals surface area (Å²) in [5.74, 6) is 6.29. The quantitative estimate of drug-likeness (QED) is 0.262. The Bertz CT molecular complexity index is 161. The zero-order chi connectivity index (χ0) is 9.52. The second kappa shape index (κ2) is 5.80. The van der Waals surface area contributed by atoms with E-state index in [1.54, 1.807) is 0 Å². The average Bonchev–Trinajstić information content (AvgIpc) is 2.19. The van der Waals surface area contributed by atoms with E-state index in [-0.39, 0.29) is 0 Å². The van der Waals surface area contributed by atoms with Gasteiger partial charge in [-0.25, -0.2) is 5.84 Å². The molecule has 0 amide bonds. The van der Waals surface area contributed by atoms with Gasteiger partial charge < -0.3 is 5.73 Å². The van der Waals surface area contributed by atoms with E-state index in [1.807, 2.05) is 0 Å². The van der Waals surface area contributed by atoms with Gasteiger partial charge in [0, 0.05) is 6.54 Å². The highest BCUT2D eigenvalue weighted by atomic mass is 15.3. The van der Waals surface area contributed by atoms with Crippen molar-refractivity contribution in [2.24, 2.45) is 22.5 Å².